The van der Waals surface area contributed by atoms with Gasteiger partial charge in [-0.15, -0.1) is 0 Å². The predicted octanol–water partition coefficient (Wildman–Crippen LogP) is 4.09. The molecule has 1 heterocycles. The average Bonchev–Trinajstić information content (AvgIpc) is 2.90. The van der Waals surface area contributed by atoms with Crippen LogP contribution in [0.15, 0.2) is 30.5 Å². The molecule has 0 bridgehead atoms. The third-order valence-corrected chi connectivity index (χ3v) is 4.35. The van der Waals surface area contributed by atoms with Crippen LogP contribution in [0.25, 0.3) is 10.8 Å². The lowest BCUT2D eigenvalue weighted by atomic mass is 10.1. The molecule has 3 nitrogen and oxygen atoms in total. The summed E-state index contributed by atoms with van der Waals surface area (Å²) in [4.78, 5) is 4.50. The van der Waals surface area contributed by atoms with Crippen LogP contribution in [0, 0.1) is 11.8 Å². The Labute approximate surface area is 120 Å². The number of ether oxygens (including phenoxy) is 1. The minimum Gasteiger partial charge on any atom is -0.496 e. The molecule has 20 heavy (non-hydrogen) atoms. The third-order valence-electron chi connectivity index (χ3n) is 4.35. The molecule has 3 heteroatoms. The van der Waals surface area contributed by atoms with Gasteiger partial charge in [-0.1, -0.05) is 25.5 Å². The number of hydrogen-bond donors (Lipinski definition) is 1. The minimum absolute atomic E-state index is 0.785. The smallest absolute Gasteiger partial charge is 0.133 e. The highest BCUT2D eigenvalue weighted by molar-refractivity contribution is 5.95. The fraction of sp³-hybridized carbons (Fsp3) is 0.471. The molecule has 2 atom stereocenters. The van der Waals surface area contributed by atoms with Crippen LogP contribution in [0.1, 0.15) is 26.2 Å². The molecule has 0 radical (unpaired) electrons. The van der Waals surface area contributed by atoms with Crippen molar-refractivity contribution in [1.29, 1.82) is 0 Å². The average molecular weight is 270 g/mol. The van der Waals surface area contributed by atoms with Gasteiger partial charge >= 0.3 is 0 Å². The second kappa shape index (κ2) is 5.70. The first kappa shape index (κ1) is 13.2. The number of aromatic nitrogens is 1. The molecule has 2 unspecified atom stereocenters. The van der Waals surface area contributed by atoms with Crippen molar-refractivity contribution >= 4 is 16.6 Å². The standard InChI is InChI=1S/C17H22N2O/c1-12-6-7-13(10-12)11-19-17-15-4-3-5-16(20-2)14(15)8-9-18-17/h3-5,8-9,12-13H,6-7,10-11H2,1-2H3,(H,18,19). The predicted molar refractivity (Wildman–Crippen MR) is 83.3 cm³/mol. The maximum atomic E-state index is 5.42. The monoisotopic (exact) mass is 270 g/mol. The molecule has 0 aliphatic heterocycles. The number of nitrogens with zero attached hydrogens (tertiary/aromatic N) is 1. The van der Waals surface area contributed by atoms with Crippen LogP contribution in [-0.4, -0.2) is 18.6 Å². The van der Waals surface area contributed by atoms with Gasteiger partial charge in [0.05, 0.1) is 7.11 Å². The van der Waals surface area contributed by atoms with Crippen LogP contribution < -0.4 is 10.1 Å². The highest BCUT2D eigenvalue weighted by Gasteiger charge is 2.21. The van der Waals surface area contributed by atoms with E-state index >= 15 is 0 Å². The Morgan fingerprint density at radius 1 is 1.25 bits per heavy atom. The van der Waals surface area contributed by atoms with Gasteiger partial charge in [0, 0.05) is 23.5 Å². The molecule has 106 valence electrons. The number of benzene rings is 1. The molecule has 0 amide bonds. The summed E-state index contributed by atoms with van der Waals surface area (Å²) in [6, 6.07) is 8.12. The quantitative estimate of drug-likeness (QED) is 0.908. The van der Waals surface area contributed by atoms with E-state index in [0.29, 0.717) is 0 Å². The lowest BCUT2D eigenvalue weighted by Crippen LogP contribution is -2.12. The van der Waals surface area contributed by atoms with Crippen LogP contribution in [0.3, 0.4) is 0 Å². The minimum atomic E-state index is 0.785. The largest absolute Gasteiger partial charge is 0.496 e. The highest BCUT2D eigenvalue weighted by Crippen LogP contribution is 2.32. The van der Waals surface area contributed by atoms with E-state index in [2.05, 4.69) is 23.3 Å². The van der Waals surface area contributed by atoms with E-state index in [1.807, 2.05) is 24.4 Å². The topological polar surface area (TPSA) is 34.1 Å². The summed E-state index contributed by atoms with van der Waals surface area (Å²) in [5.41, 5.74) is 0. The summed E-state index contributed by atoms with van der Waals surface area (Å²) in [5, 5.41) is 5.79. The van der Waals surface area contributed by atoms with Crippen molar-refractivity contribution in [3.8, 4) is 5.75 Å². The van der Waals surface area contributed by atoms with E-state index in [0.717, 1.165) is 40.7 Å². The SMILES string of the molecule is COc1cccc2c(NCC3CCC(C)C3)nccc12. The zero-order chi connectivity index (χ0) is 13.9. The normalized spacial score (nSPS) is 22.1. The number of methoxy groups -OCH3 is 1. The maximum absolute atomic E-state index is 5.42. The molecular formula is C17H22N2O. The second-order valence-electron chi connectivity index (χ2n) is 5.88. The molecule has 1 fully saturated rings. The Bertz CT molecular complexity index is 597. The van der Waals surface area contributed by atoms with E-state index in [1.54, 1.807) is 7.11 Å². The van der Waals surface area contributed by atoms with Crippen molar-refractivity contribution in [2.75, 3.05) is 19.0 Å². The Morgan fingerprint density at radius 3 is 2.90 bits per heavy atom. The fourth-order valence-corrected chi connectivity index (χ4v) is 3.25. The Kier molecular flexibility index (Phi) is 3.77. The van der Waals surface area contributed by atoms with Crippen molar-refractivity contribution in [3.63, 3.8) is 0 Å². The first-order valence-corrected chi connectivity index (χ1v) is 7.43. The fourth-order valence-electron chi connectivity index (χ4n) is 3.25. The number of fused-ring (bicyclic) bond motifs is 1. The lowest BCUT2D eigenvalue weighted by molar-refractivity contribution is 0.420. The van der Waals surface area contributed by atoms with E-state index in [1.165, 1.54) is 19.3 Å². The molecule has 0 spiro atoms. The second-order valence-corrected chi connectivity index (χ2v) is 5.88. The van der Waals surface area contributed by atoms with Crippen molar-refractivity contribution in [2.45, 2.75) is 26.2 Å². The number of pyridine rings is 1. The summed E-state index contributed by atoms with van der Waals surface area (Å²) in [5.74, 6) is 3.54. The van der Waals surface area contributed by atoms with Gasteiger partial charge in [-0.25, -0.2) is 4.98 Å². The summed E-state index contributed by atoms with van der Waals surface area (Å²) in [6.45, 7) is 3.37. The Balaban J connectivity index is 1.81. The van der Waals surface area contributed by atoms with Gasteiger partial charge in [-0.2, -0.15) is 0 Å². The zero-order valence-corrected chi connectivity index (χ0v) is 12.2. The van der Waals surface area contributed by atoms with E-state index in [4.69, 9.17) is 4.74 Å². The molecule has 3 rings (SSSR count). The van der Waals surface area contributed by atoms with Crippen LogP contribution in [0.5, 0.6) is 5.75 Å². The third kappa shape index (κ3) is 2.58. The molecule has 1 aliphatic rings. The molecular weight excluding hydrogens is 248 g/mol. The lowest BCUT2D eigenvalue weighted by Gasteiger charge is -2.14. The highest BCUT2D eigenvalue weighted by atomic mass is 16.5. The van der Waals surface area contributed by atoms with Crippen LogP contribution >= 0.6 is 0 Å². The molecule has 0 saturated heterocycles. The Morgan fingerprint density at radius 2 is 2.15 bits per heavy atom. The molecule has 1 aromatic carbocycles. The maximum Gasteiger partial charge on any atom is 0.133 e. The molecule has 1 aliphatic carbocycles. The van der Waals surface area contributed by atoms with Crippen LogP contribution in [0.4, 0.5) is 5.82 Å². The van der Waals surface area contributed by atoms with Crippen molar-refractivity contribution in [1.82, 2.24) is 4.98 Å². The van der Waals surface area contributed by atoms with Gasteiger partial charge < -0.3 is 10.1 Å². The van der Waals surface area contributed by atoms with Gasteiger partial charge in [0.2, 0.25) is 0 Å². The van der Waals surface area contributed by atoms with Gasteiger partial charge in [0.15, 0.2) is 0 Å². The first-order valence-electron chi connectivity index (χ1n) is 7.43. The molecule has 1 aromatic heterocycles. The van der Waals surface area contributed by atoms with Gasteiger partial charge in [0.1, 0.15) is 11.6 Å². The summed E-state index contributed by atoms with van der Waals surface area (Å²) >= 11 is 0. The van der Waals surface area contributed by atoms with Crippen LogP contribution in [0.2, 0.25) is 0 Å². The summed E-state index contributed by atoms with van der Waals surface area (Å²) in [6.07, 6.45) is 5.89. The first-order chi connectivity index (χ1) is 9.78. The molecule has 1 N–H and O–H groups in total. The molecule has 2 aromatic rings. The molecule has 1 saturated carbocycles. The van der Waals surface area contributed by atoms with Gasteiger partial charge in [0.25, 0.3) is 0 Å². The summed E-state index contributed by atoms with van der Waals surface area (Å²) < 4.78 is 5.42. The number of rotatable bonds is 4. The van der Waals surface area contributed by atoms with E-state index < -0.39 is 0 Å². The van der Waals surface area contributed by atoms with Crippen molar-refractivity contribution in [3.05, 3.63) is 30.5 Å². The van der Waals surface area contributed by atoms with Crippen LogP contribution in [-0.2, 0) is 0 Å². The van der Waals surface area contributed by atoms with Gasteiger partial charge in [-0.3, -0.25) is 0 Å². The van der Waals surface area contributed by atoms with Crippen molar-refractivity contribution < 1.29 is 4.74 Å². The van der Waals surface area contributed by atoms with E-state index in [9.17, 15) is 0 Å². The van der Waals surface area contributed by atoms with Crippen molar-refractivity contribution in [2.24, 2.45) is 11.8 Å². The summed E-state index contributed by atoms with van der Waals surface area (Å²) in [7, 11) is 1.71. The van der Waals surface area contributed by atoms with E-state index in [-0.39, 0.29) is 0 Å². The Hall–Kier alpha value is -1.77. The number of hydrogen-bond acceptors (Lipinski definition) is 3. The number of anilines is 1. The number of nitrogens with one attached hydrogen (secondary N) is 1. The van der Waals surface area contributed by atoms with Gasteiger partial charge in [-0.05, 0) is 36.8 Å². The zero-order valence-electron chi connectivity index (χ0n) is 12.2.